The SMILES string of the molecule is [2H]C([2H])(Nc1cccc2c1CN([C@H]1C(=O)NC(=O)C([2H])([2H])C1([2H])[2H])C2=O)c1ccc(CN2CCOCC2)cc1F. The van der Waals surface area contributed by atoms with Gasteiger partial charge < -0.3 is 15.0 Å². The minimum atomic E-state index is -3.09. The van der Waals surface area contributed by atoms with Gasteiger partial charge in [0.2, 0.25) is 11.8 Å². The molecule has 2 saturated heterocycles. The average Bonchev–Trinajstić information content (AvgIpc) is 3.20. The van der Waals surface area contributed by atoms with Crippen molar-refractivity contribution in [3.8, 4) is 0 Å². The summed E-state index contributed by atoms with van der Waals surface area (Å²) < 4.78 is 69.9. The normalized spacial score (nSPS) is 26.9. The second-order valence-electron chi connectivity index (χ2n) is 8.21. The van der Waals surface area contributed by atoms with Gasteiger partial charge in [0, 0.05) is 66.9 Å². The van der Waals surface area contributed by atoms with E-state index in [1.807, 2.05) is 0 Å². The largest absolute Gasteiger partial charge is 0.381 e. The monoisotopic (exact) mass is 472 g/mol. The fourth-order valence-electron chi connectivity index (χ4n) is 4.22. The van der Waals surface area contributed by atoms with Gasteiger partial charge in [-0.3, -0.25) is 24.6 Å². The summed E-state index contributed by atoms with van der Waals surface area (Å²) in [7, 11) is 0. The third-order valence-electron chi connectivity index (χ3n) is 5.99. The predicted octanol–water partition coefficient (Wildman–Crippen LogP) is 2.03. The molecule has 34 heavy (non-hydrogen) atoms. The number of fused-ring (bicyclic) bond motifs is 1. The van der Waals surface area contributed by atoms with Crippen molar-refractivity contribution in [2.45, 2.75) is 38.4 Å². The number of anilines is 1. The number of halogens is 1. The van der Waals surface area contributed by atoms with E-state index in [0.717, 1.165) is 4.90 Å². The summed E-state index contributed by atoms with van der Waals surface area (Å²) in [4.78, 5) is 40.8. The number of morpholine rings is 1. The summed E-state index contributed by atoms with van der Waals surface area (Å²) in [6.45, 7) is 0.319. The van der Waals surface area contributed by atoms with Crippen LogP contribution in [0.3, 0.4) is 0 Å². The van der Waals surface area contributed by atoms with Crippen LogP contribution in [0.25, 0.3) is 0 Å². The quantitative estimate of drug-likeness (QED) is 0.626. The molecular weight excluding hydrogens is 439 g/mol. The fourth-order valence-corrected chi connectivity index (χ4v) is 4.22. The third-order valence-corrected chi connectivity index (χ3v) is 5.99. The highest BCUT2D eigenvalue weighted by Crippen LogP contribution is 2.32. The number of carbonyl (C=O) groups is 3. The van der Waals surface area contributed by atoms with Gasteiger partial charge in [-0.1, -0.05) is 18.2 Å². The zero-order chi connectivity index (χ0) is 29.0. The summed E-state index contributed by atoms with van der Waals surface area (Å²) >= 11 is 0. The lowest BCUT2D eigenvalue weighted by Crippen LogP contribution is -2.52. The molecular formula is C25H27FN4O4. The molecule has 2 fully saturated rings. The van der Waals surface area contributed by atoms with Crippen LogP contribution < -0.4 is 10.6 Å². The molecule has 178 valence electrons. The summed E-state index contributed by atoms with van der Waals surface area (Å²) in [6, 6.07) is 6.67. The molecule has 0 radical (unpaired) electrons. The molecule has 2 aromatic carbocycles. The van der Waals surface area contributed by atoms with Crippen molar-refractivity contribution in [3.05, 3.63) is 64.5 Å². The van der Waals surface area contributed by atoms with E-state index in [0.29, 0.717) is 38.4 Å². The molecule has 3 amide bonds. The maximum Gasteiger partial charge on any atom is 0.255 e. The van der Waals surface area contributed by atoms with Crippen LogP contribution in [0.15, 0.2) is 36.4 Å². The van der Waals surface area contributed by atoms with Crippen molar-refractivity contribution in [3.63, 3.8) is 0 Å². The lowest BCUT2D eigenvalue weighted by atomic mass is 10.0. The summed E-state index contributed by atoms with van der Waals surface area (Å²) in [5.41, 5.74) is 0.807. The molecule has 0 unspecified atom stereocenters. The topological polar surface area (TPSA) is 91.0 Å². The number of benzene rings is 2. The minimum absolute atomic E-state index is 0.0446. The summed E-state index contributed by atoms with van der Waals surface area (Å²) in [5.74, 6) is -4.13. The van der Waals surface area contributed by atoms with E-state index in [1.165, 1.54) is 30.3 Å². The van der Waals surface area contributed by atoms with Crippen LogP contribution in [0.4, 0.5) is 10.1 Å². The highest BCUT2D eigenvalue weighted by atomic mass is 19.1. The lowest BCUT2D eigenvalue weighted by Gasteiger charge is -2.29. The standard InChI is InChI=1S/C25H27FN4O4/c26-20-12-16(14-29-8-10-34-11-9-29)4-5-17(20)13-27-21-3-1-2-18-19(21)15-30(25(18)33)22-6-7-23(31)28-24(22)32/h1-5,12,22,27H,6-11,13-15H2,(H,28,31,32)/t22-/m1/s1/i6D2,7D2,13D2. The number of imide groups is 1. The van der Waals surface area contributed by atoms with Crippen molar-refractivity contribution in [1.82, 2.24) is 15.1 Å². The average molecular weight is 473 g/mol. The first-order valence-corrected chi connectivity index (χ1v) is 10.9. The Morgan fingerprint density at radius 1 is 1.21 bits per heavy atom. The number of rotatable bonds is 6. The molecule has 3 aliphatic heterocycles. The molecule has 2 aromatic rings. The summed E-state index contributed by atoms with van der Waals surface area (Å²) in [6.07, 6.45) is -6.14. The van der Waals surface area contributed by atoms with Crippen LogP contribution in [0, 0.1) is 5.82 Å². The van der Waals surface area contributed by atoms with Crippen LogP contribution in [0.5, 0.6) is 0 Å². The molecule has 2 N–H and O–H groups in total. The smallest absolute Gasteiger partial charge is 0.255 e. The molecule has 0 aromatic heterocycles. The molecule has 1 atom stereocenters. The van der Waals surface area contributed by atoms with Gasteiger partial charge in [0.05, 0.1) is 16.0 Å². The first-order valence-electron chi connectivity index (χ1n) is 13.9. The first-order chi connectivity index (χ1) is 18.7. The summed E-state index contributed by atoms with van der Waals surface area (Å²) in [5, 5.41) is 4.44. The number of amides is 3. The van der Waals surface area contributed by atoms with Gasteiger partial charge in [0.25, 0.3) is 5.91 Å². The number of hydrogen-bond donors (Lipinski definition) is 2. The molecule has 9 heteroatoms. The molecule has 0 saturated carbocycles. The number of nitrogens with zero attached hydrogens (tertiary/aromatic N) is 2. The van der Waals surface area contributed by atoms with Gasteiger partial charge in [-0.2, -0.15) is 0 Å². The van der Waals surface area contributed by atoms with Crippen LogP contribution >= 0.6 is 0 Å². The zero-order valence-corrected chi connectivity index (χ0v) is 18.2. The third kappa shape index (κ3) is 4.53. The van der Waals surface area contributed by atoms with Crippen LogP contribution in [0.1, 0.15) is 48.0 Å². The molecule has 8 nitrogen and oxygen atoms in total. The number of carbonyl (C=O) groups excluding carboxylic acids is 3. The van der Waals surface area contributed by atoms with E-state index in [2.05, 4.69) is 10.2 Å². The number of piperidine rings is 1. The fraction of sp³-hybridized carbons (Fsp3) is 0.400. The Kier molecular flexibility index (Phi) is 4.58. The van der Waals surface area contributed by atoms with Crippen molar-refractivity contribution in [2.75, 3.05) is 31.6 Å². The molecule has 0 bridgehead atoms. The van der Waals surface area contributed by atoms with Crippen LogP contribution in [-0.4, -0.2) is 59.9 Å². The van der Waals surface area contributed by atoms with Gasteiger partial charge in [0.1, 0.15) is 11.9 Å². The lowest BCUT2D eigenvalue weighted by molar-refractivity contribution is -0.136. The maximum atomic E-state index is 15.1. The Morgan fingerprint density at radius 2 is 2.03 bits per heavy atom. The first kappa shape index (κ1) is 16.3. The van der Waals surface area contributed by atoms with E-state index in [4.69, 9.17) is 13.0 Å². The van der Waals surface area contributed by atoms with E-state index < -0.39 is 48.8 Å². The molecule has 0 spiro atoms. The highest BCUT2D eigenvalue weighted by Gasteiger charge is 2.39. The van der Waals surface area contributed by atoms with E-state index in [-0.39, 0.29) is 28.9 Å². The number of ether oxygens (including phenoxy) is 1. The Labute approximate surface area is 205 Å². The molecule has 5 rings (SSSR count). The number of nitrogens with one attached hydrogen (secondary N) is 2. The molecule has 3 heterocycles. The van der Waals surface area contributed by atoms with Crippen molar-refractivity contribution in [1.29, 1.82) is 0 Å². The predicted molar refractivity (Wildman–Crippen MR) is 122 cm³/mol. The zero-order valence-electron chi connectivity index (χ0n) is 24.2. The van der Waals surface area contributed by atoms with Gasteiger partial charge >= 0.3 is 0 Å². The van der Waals surface area contributed by atoms with Gasteiger partial charge in [-0.05, 0) is 30.1 Å². The Balaban J connectivity index is 1.39. The minimum Gasteiger partial charge on any atom is -0.381 e. The Morgan fingerprint density at radius 3 is 2.82 bits per heavy atom. The second-order valence-corrected chi connectivity index (χ2v) is 8.21. The molecule has 0 aliphatic carbocycles. The highest BCUT2D eigenvalue weighted by molar-refractivity contribution is 6.06. The van der Waals surface area contributed by atoms with Crippen LogP contribution in [0.2, 0.25) is 0 Å². The number of hydrogen-bond acceptors (Lipinski definition) is 6. The van der Waals surface area contributed by atoms with E-state index in [1.54, 1.807) is 11.4 Å². The molecule has 3 aliphatic rings. The Hall–Kier alpha value is -3.30. The van der Waals surface area contributed by atoms with Gasteiger partial charge in [0.15, 0.2) is 0 Å². The van der Waals surface area contributed by atoms with Gasteiger partial charge in [-0.25, -0.2) is 4.39 Å². The van der Waals surface area contributed by atoms with Crippen LogP contribution in [-0.2, 0) is 33.9 Å². The van der Waals surface area contributed by atoms with Crippen molar-refractivity contribution >= 4 is 23.4 Å². The van der Waals surface area contributed by atoms with E-state index >= 15 is 4.39 Å². The second kappa shape index (κ2) is 9.52. The van der Waals surface area contributed by atoms with E-state index in [9.17, 15) is 14.4 Å². The van der Waals surface area contributed by atoms with Crippen molar-refractivity contribution in [2.24, 2.45) is 0 Å². The van der Waals surface area contributed by atoms with Gasteiger partial charge in [-0.15, -0.1) is 0 Å². The Bertz CT molecular complexity index is 1390. The van der Waals surface area contributed by atoms with Crippen molar-refractivity contribution < 1.29 is 31.7 Å². The maximum absolute atomic E-state index is 15.1.